The van der Waals surface area contributed by atoms with Crippen molar-refractivity contribution in [3.05, 3.63) is 0 Å². The molecule has 20 heavy (non-hydrogen) atoms. The van der Waals surface area contributed by atoms with Gasteiger partial charge in [0.2, 0.25) is 5.91 Å². The van der Waals surface area contributed by atoms with Gasteiger partial charge in [-0.25, -0.2) is 0 Å². The average Bonchev–Trinajstić information content (AvgIpc) is 2.33. The van der Waals surface area contributed by atoms with Gasteiger partial charge in [-0.05, 0) is 33.1 Å². The summed E-state index contributed by atoms with van der Waals surface area (Å²) in [7, 11) is 1.63. The smallest absolute Gasteiger partial charge is 0.236 e. The SMILES string of the molecule is CCC(C)(NCC(=O)N(C)CC(=O)C(C)(C)N)C(C)C. The predicted molar refractivity (Wildman–Crippen MR) is 82.4 cm³/mol. The zero-order valence-electron chi connectivity index (χ0n) is 14.0. The molecule has 1 atom stereocenters. The van der Waals surface area contributed by atoms with Crippen molar-refractivity contribution in [1.82, 2.24) is 10.2 Å². The van der Waals surface area contributed by atoms with Crippen LogP contribution in [0.2, 0.25) is 0 Å². The maximum atomic E-state index is 12.1. The third kappa shape index (κ3) is 5.59. The van der Waals surface area contributed by atoms with Crippen LogP contribution in [0.3, 0.4) is 0 Å². The number of carbonyl (C=O) groups excluding carboxylic acids is 2. The number of hydrogen-bond acceptors (Lipinski definition) is 4. The standard InChI is InChI=1S/C15H31N3O2/c1-8-15(6,11(2)3)17-9-13(20)18(7)10-12(19)14(4,5)16/h11,17H,8-10,16H2,1-7H3. The Balaban J connectivity index is 4.45. The minimum Gasteiger partial charge on any atom is -0.337 e. The van der Waals surface area contributed by atoms with Crippen LogP contribution in [0, 0.1) is 5.92 Å². The first kappa shape index (κ1) is 19.1. The van der Waals surface area contributed by atoms with E-state index in [-0.39, 0.29) is 30.3 Å². The summed E-state index contributed by atoms with van der Waals surface area (Å²) in [4.78, 5) is 25.3. The van der Waals surface area contributed by atoms with Crippen LogP contribution in [0.15, 0.2) is 0 Å². The molecular formula is C15H31N3O2. The van der Waals surface area contributed by atoms with E-state index in [0.29, 0.717) is 5.92 Å². The molecule has 0 heterocycles. The Morgan fingerprint density at radius 1 is 1.25 bits per heavy atom. The normalized spacial score (nSPS) is 15.1. The van der Waals surface area contributed by atoms with Crippen molar-refractivity contribution in [2.24, 2.45) is 11.7 Å². The fourth-order valence-corrected chi connectivity index (χ4v) is 1.66. The number of likely N-dealkylation sites (N-methyl/N-ethyl adjacent to an activating group) is 1. The van der Waals surface area contributed by atoms with Crippen LogP contribution in [0.1, 0.15) is 48.0 Å². The zero-order chi connectivity index (χ0) is 16.1. The van der Waals surface area contributed by atoms with Gasteiger partial charge in [0, 0.05) is 12.6 Å². The molecule has 0 aliphatic rings. The first-order chi connectivity index (χ1) is 8.94. The summed E-state index contributed by atoms with van der Waals surface area (Å²) in [6, 6.07) is 0. The second-order valence-electron chi connectivity index (χ2n) is 6.67. The van der Waals surface area contributed by atoms with Gasteiger partial charge in [-0.1, -0.05) is 20.8 Å². The Morgan fingerprint density at radius 3 is 2.10 bits per heavy atom. The van der Waals surface area contributed by atoms with Gasteiger partial charge in [0.1, 0.15) is 0 Å². The summed E-state index contributed by atoms with van der Waals surface area (Å²) in [5, 5.41) is 3.30. The first-order valence-electron chi connectivity index (χ1n) is 7.25. The number of ketones is 1. The Bertz CT molecular complexity index is 348. The monoisotopic (exact) mass is 285 g/mol. The highest BCUT2D eigenvalue weighted by Crippen LogP contribution is 2.19. The molecule has 1 unspecified atom stereocenters. The van der Waals surface area contributed by atoms with Crippen molar-refractivity contribution < 1.29 is 9.59 Å². The fraction of sp³-hybridized carbons (Fsp3) is 0.867. The summed E-state index contributed by atoms with van der Waals surface area (Å²) in [5.74, 6) is 0.189. The Hall–Kier alpha value is -0.940. The number of carbonyl (C=O) groups is 2. The molecule has 0 rings (SSSR count). The van der Waals surface area contributed by atoms with Crippen LogP contribution in [0.4, 0.5) is 0 Å². The van der Waals surface area contributed by atoms with Crippen molar-refractivity contribution in [3.8, 4) is 0 Å². The number of rotatable bonds is 8. The van der Waals surface area contributed by atoms with Crippen LogP contribution < -0.4 is 11.1 Å². The molecule has 0 saturated heterocycles. The molecule has 1 amide bonds. The summed E-state index contributed by atoms with van der Waals surface area (Å²) in [6.45, 7) is 12.1. The predicted octanol–water partition coefficient (Wildman–Crippen LogP) is 1.17. The van der Waals surface area contributed by atoms with Crippen LogP contribution in [-0.4, -0.2) is 47.8 Å². The van der Waals surface area contributed by atoms with Crippen molar-refractivity contribution in [3.63, 3.8) is 0 Å². The highest BCUT2D eigenvalue weighted by Gasteiger charge is 2.28. The topological polar surface area (TPSA) is 75.4 Å². The van der Waals surface area contributed by atoms with Gasteiger partial charge in [0.05, 0.1) is 18.6 Å². The van der Waals surface area contributed by atoms with Crippen LogP contribution in [-0.2, 0) is 9.59 Å². The van der Waals surface area contributed by atoms with Gasteiger partial charge in [-0.2, -0.15) is 0 Å². The van der Waals surface area contributed by atoms with Gasteiger partial charge in [0.25, 0.3) is 0 Å². The van der Waals surface area contributed by atoms with Gasteiger partial charge in [-0.15, -0.1) is 0 Å². The summed E-state index contributed by atoms with van der Waals surface area (Å²) >= 11 is 0. The summed E-state index contributed by atoms with van der Waals surface area (Å²) in [6.07, 6.45) is 0.941. The van der Waals surface area contributed by atoms with Crippen molar-refractivity contribution in [1.29, 1.82) is 0 Å². The number of hydrogen-bond donors (Lipinski definition) is 2. The molecule has 0 radical (unpaired) electrons. The Kier molecular flexibility index (Phi) is 6.84. The molecule has 118 valence electrons. The quantitative estimate of drug-likeness (QED) is 0.702. The number of nitrogens with zero attached hydrogens (tertiary/aromatic N) is 1. The van der Waals surface area contributed by atoms with E-state index in [9.17, 15) is 9.59 Å². The average molecular weight is 285 g/mol. The Morgan fingerprint density at radius 2 is 1.75 bits per heavy atom. The van der Waals surface area contributed by atoms with E-state index in [4.69, 9.17) is 5.73 Å². The number of Topliss-reactive ketones (excluding diaryl/α,β-unsaturated/α-hetero) is 1. The zero-order valence-corrected chi connectivity index (χ0v) is 14.0. The maximum Gasteiger partial charge on any atom is 0.236 e. The molecule has 0 saturated carbocycles. The lowest BCUT2D eigenvalue weighted by Crippen LogP contribution is -2.52. The fourth-order valence-electron chi connectivity index (χ4n) is 1.66. The molecule has 0 aliphatic carbocycles. The van der Waals surface area contributed by atoms with Gasteiger partial charge >= 0.3 is 0 Å². The third-order valence-corrected chi connectivity index (χ3v) is 4.18. The van der Waals surface area contributed by atoms with Crippen molar-refractivity contribution >= 4 is 11.7 Å². The first-order valence-corrected chi connectivity index (χ1v) is 7.25. The molecule has 0 aromatic rings. The van der Waals surface area contributed by atoms with Crippen LogP contribution in [0.5, 0.6) is 0 Å². The summed E-state index contributed by atoms with van der Waals surface area (Å²) in [5.41, 5.74) is 4.75. The molecule has 3 N–H and O–H groups in total. The van der Waals surface area contributed by atoms with E-state index in [2.05, 4.69) is 33.0 Å². The highest BCUT2D eigenvalue weighted by molar-refractivity contribution is 5.92. The number of amides is 1. The lowest BCUT2D eigenvalue weighted by atomic mass is 9.86. The minimum atomic E-state index is -0.905. The molecule has 0 aliphatic heterocycles. The van der Waals surface area contributed by atoms with Crippen LogP contribution >= 0.6 is 0 Å². The van der Waals surface area contributed by atoms with Gasteiger partial charge in [-0.3, -0.25) is 9.59 Å². The van der Waals surface area contributed by atoms with E-state index < -0.39 is 5.54 Å². The molecule has 5 nitrogen and oxygen atoms in total. The van der Waals surface area contributed by atoms with E-state index in [1.165, 1.54) is 4.90 Å². The highest BCUT2D eigenvalue weighted by atomic mass is 16.2. The maximum absolute atomic E-state index is 12.1. The van der Waals surface area contributed by atoms with E-state index in [1.807, 2.05) is 0 Å². The second-order valence-corrected chi connectivity index (χ2v) is 6.67. The van der Waals surface area contributed by atoms with E-state index in [1.54, 1.807) is 20.9 Å². The molecule has 0 bridgehead atoms. The summed E-state index contributed by atoms with van der Waals surface area (Å²) < 4.78 is 0. The number of nitrogens with two attached hydrogens (primary N) is 1. The molecular weight excluding hydrogens is 254 g/mol. The lowest BCUT2D eigenvalue weighted by Gasteiger charge is -2.34. The van der Waals surface area contributed by atoms with Crippen molar-refractivity contribution in [2.75, 3.05) is 20.1 Å². The molecule has 0 aromatic carbocycles. The largest absolute Gasteiger partial charge is 0.337 e. The third-order valence-electron chi connectivity index (χ3n) is 4.18. The molecule has 0 spiro atoms. The van der Waals surface area contributed by atoms with E-state index in [0.717, 1.165) is 6.42 Å². The second kappa shape index (κ2) is 7.18. The number of nitrogens with one attached hydrogen (secondary N) is 1. The van der Waals surface area contributed by atoms with E-state index >= 15 is 0 Å². The minimum absolute atomic E-state index is 0.0501. The Labute approximate surface area is 123 Å². The van der Waals surface area contributed by atoms with Gasteiger partial charge < -0.3 is 16.0 Å². The molecule has 0 aromatic heterocycles. The van der Waals surface area contributed by atoms with Gasteiger partial charge in [0.15, 0.2) is 5.78 Å². The van der Waals surface area contributed by atoms with Crippen molar-refractivity contribution in [2.45, 2.75) is 59.0 Å². The van der Waals surface area contributed by atoms with Crippen LogP contribution in [0.25, 0.3) is 0 Å². The molecule has 0 fully saturated rings. The molecule has 5 heteroatoms. The lowest BCUT2D eigenvalue weighted by molar-refractivity contribution is -0.135.